The molecule has 0 aromatic carbocycles. The maximum Gasteiger partial charge on any atom is 0.246 e. The van der Waals surface area contributed by atoms with E-state index in [9.17, 15) is 9.59 Å². The van der Waals surface area contributed by atoms with Gasteiger partial charge >= 0.3 is 0 Å². The summed E-state index contributed by atoms with van der Waals surface area (Å²) in [6.45, 7) is 10.1. The molecule has 1 saturated heterocycles. The van der Waals surface area contributed by atoms with Crippen LogP contribution in [0, 0.1) is 5.92 Å². The quantitative estimate of drug-likeness (QED) is 0.815. The first-order chi connectivity index (χ1) is 8.47. The molecule has 0 bridgehead atoms. The zero-order valence-electron chi connectivity index (χ0n) is 12.2. The number of rotatable bonds is 5. The van der Waals surface area contributed by atoms with Gasteiger partial charge in [0.1, 0.15) is 12.1 Å². The van der Waals surface area contributed by atoms with Crippen LogP contribution in [0.2, 0.25) is 0 Å². The molecule has 1 fully saturated rings. The zero-order valence-corrected chi connectivity index (χ0v) is 12.2. The average Bonchev–Trinajstić information content (AvgIpc) is 2.38. The molecule has 1 rings (SSSR count). The topological polar surface area (TPSA) is 49.4 Å². The van der Waals surface area contributed by atoms with Crippen LogP contribution in [0.1, 0.15) is 53.9 Å². The molecule has 18 heavy (non-hydrogen) atoms. The van der Waals surface area contributed by atoms with Crippen molar-refractivity contribution in [3.8, 4) is 0 Å². The van der Waals surface area contributed by atoms with E-state index in [0.717, 1.165) is 12.8 Å². The van der Waals surface area contributed by atoms with Gasteiger partial charge in [-0.25, -0.2) is 0 Å². The molecule has 2 amide bonds. The summed E-state index contributed by atoms with van der Waals surface area (Å²) < 4.78 is 0. The first-order valence-electron chi connectivity index (χ1n) is 7.10. The summed E-state index contributed by atoms with van der Waals surface area (Å²) in [5.74, 6) is 0.286. The summed E-state index contributed by atoms with van der Waals surface area (Å²) in [5.41, 5.74) is 0. The van der Waals surface area contributed by atoms with Crippen LogP contribution in [-0.2, 0) is 9.59 Å². The van der Waals surface area contributed by atoms with E-state index in [2.05, 4.69) is 19.2 Å². The fourth-order valence-corrected chi connectivity index (χ4v) is 2.48. The van der Waals surface area contributed by atoms with Crippen LogP contribution in [0.5, 0.6) is 0 Å². The maximum atomic E-state index is 12.4. The third kappa shape index (κ3) is 2.68. The Morgan fingerprint density at radius 1 is 1.17 bits per heavy atom. The molecule has 1 heterocycles. The highest BCUT2D eigenvalue weighted by molar-refractivity contribution is 5.97. The lowest BCUT2D eigenvalue weighted by Crippen LogP contribution is -2.66. The van der Waals surface area contributed by atoms with Gasteiger partial charge in [0.15, 0.2) is 0 Å². The second-order valence-electron chi connectivity index (χ2n) is 5.30. The molecule has 4 unspecified atom stereocenters. The molecule has 1 aliphatic rings. The normalized spacial score (nSPS) is 27.9. The van der Waals surface area contributed by atoms with Crippen LogP contribution < -0.4 is 5.32 Å². The van der Waals surface area contributed by atoms with E-state index < -0.39 is 0 Å². The van der Waals surface area contributed by atoms with Crippen LogP contribution in [-0.4, -0.2) is 34.8 Å². The molecule has 4 heteroatoms. The van der Waals surface area contributed by atoms with Crippen LogP contribution >= 0.6 is 0 Å². The Morgan fingerprint density at radius 3 is 2.22 bits per heavy atom. The van der Waals surface area contributed by atoms with Crippen molar-refractivity contribution in [3.63, 3.8) is 0 Å². The second-order valence-corrected chi connectivity index (χ2v) is 5.30. The minimum atomic E-state index is -0.341. The van der Waals surface area contributed by atoms with E-state index in [4.69, 9.17) is 0 Å². The van der Waals surface area contributed by atoms with Crippen LogP contribution in [0.3, 0.4) is 0 Å². The van der Waals surface area contributed by atoms with Gasteiger partial charge in [0.2, 0.25) is 11.8 Å². The fraction of sp³-hybridized carbons (Fsp3) is 0.857. The largest absolute Gasteiger partial charge is 0.343 e. The second kappa shape index (κ2) is 6.21. The van der Waals surface area contributed by atoms with Crippen molar-refractivity contribution in [1.82, 2.24) is 10.2 Å². The highest BCUT2D eigenvalue weighted by Gasteiger charge is 2.43. The molecule has 4 nitrogen and oxygen atoms in total. The Kier molecular flexibility index (Phi) is 5.17. The Hall–Kier alpha value is -1.06. The number of piperazine rings is 1. The van der Waals surface area contributed by atoms with Crippen LogP contribution in [0.15, 0.2) is 0 Å². The van der Waals surface area contributed by atoms with Crippen molar-refractivity contribution in [3.05, 3.63) is 0 Å². The molecular formula is C14H26N2O2. The Morgan fingerprint density at radius 2 is 1.78 bits per heavy atom. The van der Waals surface area contributed by atoms with Gasteiger partial charge in [-0.3, -0.25) is 9.59 Å². The monoisotopic (exact) mass is 254 g/mol. The molecule has 0 saturated carbocycles. The van der Waals surface area contributed by atoms with Crippen LogP contribution in [0.25, 0.3) is 0 Å². The van der Waals surface area contributed by atoms with Crippen molar-refractivity contribution in [2.24, 2.45) is 5.92 Å². The van der Waals surface area contributed by atoms with Crippen molar-refractivity contribution in [1.29, 1.82) is 0 Å². The van der Waals surface area contributed by atoms with Crippen molar-refractivity contribution in [2.45, 2.75) is 72.0 Å². The predicted molar refractivity (Wildman–Crippen MR) is 72.1 cm³/mol. The number of hydrogen-bond donors (Lipinski definition) is 1. The van der Waals surface area contributed by atoms with Crippen molar-refractivity contribution in [2.75, 3.05) is 0 Å². The first-order valence-corrected chi connectivity index (χ1v) is 7.10. The summed E-state index contributed by atoms with van der Waals surface area (Å²) >= 11 is 0. The van der Waals surface area contributed by atoms with Gasteiger partial charge in [-0.15, -0.1) is 0 Å². The molecular weight excluding hydrogens is 228 g/mol. The van der Waals surface area contributed by atoms with E-state index in [0.29, 0.717) is 6.42 Å². The number of amides is 2. The van der Waals surface area contributed by atoms with E-state index >= 15 is 0 Å². The minimum Gasteiger partial charge on any atom is -0.343 e. The summed E-state index contributed by atoms with van der Waals surface area (Å²) in [5, 5.41) is 2.86. The molecule has 4 atom stereocenters. The zero-order chi connectivity index (χ0) is 13.9. The Balaban J connectivity index is 3.05. The van der Waals surface area contributed by atoms with Crippen molar-refractivity contribution < 1.29 is 9.59 Å². The van der Waals surface area contributed by atoms with E-state index in [-0.39, 0.29) is 35.9 Å². The third-order valence-corrected chi connectivity index (χ3v) is 4.09. The number of nitrogens with one attached hydrogen (secondary N) is 1. The fourth-order valence-electron chi connectivity index (χ4n) is 2.48. The van der Waals surface area contributed by atoms with Crippen molar-refractivity contribution >= 4 is 11.8 Å². The van der Waals surface area contributed by atoms with E-state index in [1.165, 1.54) is 0 Å². The van der Waals surface area contributed by atoms with Gasteiger partial charge in [0.05, 0.1) is 0 Å². The van der Waals surface area contributed by atoms with Gasteiger partial charge < -0.3 is 10.2 Å². The van der Waals surface area contributed by atoms with Gasteiger partial charge in [-0.05, 0) is 25.7 Å². The lowest BCUT2D eigenvalue weighted by Gasteiger charge is -2.44. The molecule has 1 aliphatic heterocycles. The number of nitrogens with zero attached hydrogens (tertiary/aromatic N) is 1. The summed E-state index contributed by atoms with van der Waals surface area (Å²) in [7, 11) is 0. The highest BCUT2D eigenvalue weighted by Crippen LogP contribution is 2.24. The number of carbonyl (C=O) groups excluding carboxylic acids is 2. The van der Waals surface area contributed by atoms with Crippen LogP contribution in [0.4, 0.5) is 0 Å². The average molecular weight is 254 g/mol. The molecule has 0 aromatic heterocycles. The lowest BCUT2D eigenvalue weighted by molar-refractivity contribution is -0.154. The summed E-state index contributed by atoms with van der Waals surface area (Å²) in [4.78, 5) is 26.5. The van der Waals surface area contributed by atoms with Gasteiger partial charge in [-0.1, -0.05) is 34.1 Å². The molecule has 1 N–H and O–H groups in total. The lowest BCUT2D eigenvalue weighted by atomic mass is 9.91. The molecule has 0 aliphatic carbocycles. The summed E-state index contributed by atoms with van der Waals surface area (Å²) in [6, 6.07) is -0.524. The first kappa shape index (κ1) is 15.0. The smallest absolute Gasteiger partial charge is 0.246 e. The SMILES string of the molecule is CCC1NC(=O)C(C(C)CC)N(C(C)CC)C1=O. The highest BCUT2D eigenvalue weighted by atomic mass is 16.2. The Labute approximate surface area is 110 Å². The van der Waals surface area contributed by atoms with Gasteiger partial charge in [0.25, 0.3) is 0 Å². The number of carbonyl (C=O) groups is 2. The Bertz CT molecular complexity index is 317. The van der Waals surface area contributed by atoms with E-state index in [1.54, 1.807) is 0 Å². The van der Waals surface area contributed by atoms with Gasteiger partial charge in [0, 0.05) is 6.04 Å². The molecule has 104 valence electrons. The van der Waals surface area contributed by atoms with E-state index in [1.807, 2.05) is 25.7 Å². The third-order valence-electron chi connectivity index (χ3n) is 4.09. The predicted octanol–water partition coefficient (Wildman–Crippen LogP) is 1.94. The summed E-state index contributed by atoms with van der Waals surface area (Å²) in [6.07, 6.45) is 2.43. The minimum absolute atomic E-state index is 0.0103. The molecule has 0 spiro atoms. The molecule has 0 aromatic rings. The van der Waals surface area contributed by atoms with Gasteiger partial charge in [-0.2, -0.15) is 0 Å². The standard InChI is InChI=1S/C14H26N2O2/c1-6-9(4)12-13(17)15-11(8-3)14(18)16(12)10(5)7-2/h9-12H,6-8H2,1-5H3,(H,15,17). The molecule has 0 radical (unpaired) electrons. The maximum absolute atomic E-state index is 12.4. The number of hydrogen-bond acceptors (Lipinski definition) is 2.